The van der Waals surface area contributed by atoms with Crippen LogP contribution in [0.25, 0.3) is 0 Å². The zero-order chi connectivity index (χ0) is 15.2. The highest BCUT2D eigenvalue weighted by atomic mass is 16.5. The summed E-state index contributed by atoms with van der Waals surface area (Å²) in [6.07, 6.45) is 2.35. The summed E-state index contributed by atoms with van der Waals surface area (Å²) in [6.45, 7) is 6.87. The van der Waals surface area contributed by atoms with Crippen molar-refractivity contribution < 1.29 is 4.74 Å². The zero-order valence-electron chi connectivity index (χ0n) is 13.2. The Kier molecular flexibility index (Phi) is 5.60. The van der Waals surface area contributed by atoms with Crippen molar-refractivity contribution in [1.29, 1.82) is 5.26 Å². The molecule has 114 valence electrons. The molecular weight excluding hydrogens is 262 g/mol. The molecule has 0 amide bonds. The first-order chi connectivity index (χ1) is 10.2. The highest BCUT2D eigenvalue weighted by Crippen LogP contribution is 2.27. The van der Waals surface area contributed by atoms with E-state index in [0.717, 1.165) is 49.4 Å². The maximum Gasteiger partial charge on any atom is 0.101 e. The van der Waals surface area contributed by atoms with E-state index < -0.39 is 0 Å². The van der Waals surface area contributed by atoms with Gasteiger partial charge in [-0.1, -0.05) is 13.0 Å². The Labute approximate surface area is 127 Å². The van der Waals surface area contributed by atoms with Crippen LogP contribution in [0.5, 0.6) is 0 Å². The fourth-order valence-corrected chi connectivity index (χ4v) is 2.91. The highest BCUT2D eigenvalue weighted by molar-refractivity contribution is 5.60. The molecule has 0 aliphatic carbocycles. The first-order valence-corrected chi connectivity index (χ1v) is 7.75. The molecule has 0 radical (unpaired) electrons. The van der Waals surface area contributed by atoms with Crippen LogP contribution in [0.15, 0.2) is 18.2 Å². The number of nitrogens with zero attached hydrogens (tertiary/aromatic N) is 2. The van der Waals surface area contributed by atoms with Gasteiger partial charge in [-0.2, -0.15) is 5.26 Å². The van der Waals surface area contributed by atoms with Gasteiger partial charge in [-0.25, -0.2) is 0 Å². The highest BCUT2D eigenvalue weighted by Gasteiger charge is 2.29. The Morgan fingerprint density at radius 1 is 1.48 bits per heavy atom. The molecule has 1 fully saturated rings. The zero-order valence-corrected chi connectivity index (χ0v) is 13.2. The van der Waals surface area contributed by atoms with E-state index in [9.17, 15) is 5.26 Å². The summed E-state index contributed by atoms with van der Waals surface area (Å²) in [5, 5.41) is 12.8. The summed E-state index contributed by atoms with van der Waals surface area (Å²) in [7, 11) is 2.06. The number of hydrogen-bond acceptors (Lipinski definition) is 4. The molecule has 2 rings (SSSR count). The predicted molar refractivity (Wildman–Crippen MR) is 85.4 cm³/mol. The molecular formula is C17H25N3O. The molecule has 1 heterocycles. The molecule has 0 saturated carbocycles. The van der Waals surface area contributed by atoms with E-state index in [-0.39, 0.29) is 6.10 Å². The Bertz CT molecular complexity index is 509. The summed E-state index contributed by atoms with van der Waals surface area (Å²) in [5.41, 5.74) is 2.90. The molecule has 0 spiro atoms. The van der Waals surface area contributed by atoms with Gasteiger partial charge < -0.3 is 15.0 Å². The second-order valence-electron chi connectivity index (χ2n) is 5.68. The number of benzene rings is 1. The average molecular weight is 287 g/mol. The van der Waals surface area contributed by atoms with Gasteiger partial charge in [0.2, 0.25) is 0 Å². The van der Waals surface area contributed by atoms with Gasteiger partial charge >= 0.3 is 0 Å². The lowest BCUT2D eigenvalue weighted by atomic mass is 10.0. The Balaban J connectivity index is 2.14. The molecule has 0 bridgehead atoms. The number of anilines is 1. The fourth-order valence-electron chi connectivity index (χ4n) is 2.91. The lowest BCUT2D eigenvalue weighted by molar-refractivity contribution is 0.118. The fraction of sp³-hybridized carbons (Fsp3) is 0.588. The monoisotopic (exact) mass is 287 g/mol. The third-order valence-corrected chi connectivity index (χ3v) is 4.15. The number of hydrogen-bond donors (Lipinski definition) is 1. The summed E-state index contributed by atoms with van der Waals surface area (Å²) in [4.78, 5) is 2.19. The lowest BCUT2D eigenvalue weighted by Gasteiger charge is -2.29. The smallest absolute Gasteiger partial charge is 0.101 e. The number of ether oxygens (including phenoxy) is 1. The van der Waals surface area contributed by atoms with E-state index in [0.29, 0.717) is 6.04 Å². The molecule has 1 N–H and O–H groups in total. The number of nitrogens with one attached hydrogen (secondary N) is 1. The summed E-state index contributed by atoms with van der Waals surface area (Å²) >= 11 is 0. The average Bonchev–Trinajstić information content (AvgIpc) is 2.93. The third-order valence-electron chi connectivity index (χ3n) is 4.15. The second-order valence-corrected chi connectivity index (χ2v) is 5.68. The van der Waals surface area contributed by atoms with Crippen LogP contribution in [0.2, 0.25) is 0 Å². The molecule has 4 nitrogen and oxygen atoms in total. The molecule has 4 heteroatoms. The van der Waals surface area contributed by atoms with Crippen LogP contribution in [0.3, 0.4) is 0 Å². The van der Waals surface area contributed by atoms with Crippen molar-refractivity contribution in [2.24, 2.45) is 0 Å². The summed E-state index contributed by atoms with van der Waals surface area (Å²) < 4.78 is 5.64. The van der Waals surface area contributed by atoms with Crippen molar-refractivity contribution in [1.82, 2.24) is 5.32 Å². The molecule has 1 aliphatic rings. The SMILES string of the molecule is CCCNCc1ccc(N(C)C2CCOC2C)c(C#N)c1. The van der Waals surface area contributed by atoms with Gasteiger partial charge in [0.05, 0.1) is 23.4 Å². The molecule has 1 aromatic rings. The van der Waals surface area contributed by atoms with Crippen molar-refractivity contribution in [3.05, 3.63) is 29.3 Å². The topological polar surface area (TPSA) is 48.3 Å². The van der Waals surface area contributed by atoms with E-state index in [1.54, 1.807) is 0 Å². The van der Waals surface area contributed by atoms with Crippen molar-refractivity contribution in [2.45, 2.75) is 45.4 Å². The standard InChI is InChI=1S/C17H25N3O/c1-4-8-19-12-14-5-6-17(15(10-14)11-18)20(3)16-7-9-21-13(16)2/h5-6,10,13,16,19H,4,7-9,12H2,1-3H3. The van der Waals surface area contributed by atoms with Crippen LogP contribution in [0.4, 0.5) is 5.69 Å². The first-order valence-electron chi connectivity index (χ1n) is 7.75. The van der Waals surface area contributed by atoms with Crippen molar-refractivity contribution in [3.8, 4) is 6.07 Å². The third kappa shape index (κ3) is 3.75. The van der Waals surface area contributed by atoms with E-state index in [1.165, 1.54) is 0 Å². The van der Waals surface area contributed by atoms with Crippen LogP contribution in [-0.4, -0.2) is 32.3 Å². The minimum atomic E-state index is 0.215. The number of nitriles is 1. The normalized spacial score (nSPS) is 21.2. The van der Waals surface area contributed by atoms with Crippen molar-refractivity contribution in [2.75, 3.05) is 25.1 Å². The minimum absolute atomic E-state index is 0.215. The van der Waals surface area contributed by atoms with Gasteiger partial charge in [-0.15, -0.1) is 0 Å². The molecule has 1 saturated heterocycles. The van der Waals surface area contributed by atoms with Crippen molar-refractivity contribution in [3.63, 3.8) is 0 Å². The Morgan fingerprint density at radius 3 is 2.90 bits per heavy atom. The van der Waals surface area contributed by atoms with Gasteiger partial charge in [-0.3, -0.25) is 0 Å². The second kappa shape index (κ2) is 7.44. The van der Waals surface area contributed by atoms with Crippen molar-refractivity contribution >= 4 is 5.69 Å². The van der Waals surface area contributed by atoms with E-state index in [4.69, 9.17) is 4.74 Å². The Hall–Kier alpha value is -1.57. The lowest BCUT2D eigenvalue weighted by Crippen LogP contribution is -2.37. The van der Waals surface area contributed by atoms with Gasteiger partial charge in [0, 0.05) is 20.2 Å². The van der Waals surface area contributed by atoms with E-state index in [2.05, 4.69) is 49.3 Å². The molecule has 1 aliphatic heterocycles. The quantitative estimate of drug-likeness (QED) is 0.817. The van der Waals surface area contributed by atoms with Crippen LogP contribution >= 0.6 is 0 Å². The number of likely N-dealkylation sites (N-methyl/N-ethyl adjacent to an activating group) is 1. The Morgan fingerprint density at radius 2 is 2.29 bits per heavy atom. The van der Waals surface area contributed by atoms with Gasteiger partial charge in [0.1, 0.15) is 6.07 Å². The summed E-state index contributed by atoms with van der Waals surface area (Å²) in [5.74, 6) is 0. The van der Waals surface area contributed by atoms with Crippen LogP contribution in [-0.2, 0) is 11.3 Å². The van der Waals surface area contributed by atoms with Gasteiger partial charge in [-0.05, 0) is 44.0 Å². The van der Waals surface area contributed by atoms with Gasteiger partial charge in [0.15, 0.2) is 0 Å². The van der Waals surface area contributed by atoms with E-state index >= 15 is 0 Å². The molecule has 2 atom stereocenters. The molecule has 0 aromatic heterocycles. The summed E-state index contributed by atoms with van der Waals surface area (Å²) in [6, 6.07) is 8.85. The molecule has 2 unspecified atom stereocenters. The first kappa shape index (κ1) is 15.8. The maximum atomic E-state index is 9.44. The van der Waals surface area contributed by atoms with E-state index in [1.807, 2.05) is 6.07 Å². The minimum Gasteiger partial charge on any atom is -0.376 e. The van der Waals surface area contributed by atoms with Crippen LogP contribution in [0.1, 0.15) is 37.8 Å². The van der Waals surface area contributed by atoms with Crippen LogP contribution < -0.4 is 10.2 Å². The molecule has 21 heavy (non-hydrogen) atoms. The van der Waals surface area contributed by atoms with Crippen LogP contribution in [0, 0.1) is 11.3 Å². The predicted octanol–water partition coefficient (Wildman–Crippen LogP) is 2.67. The largest absolute Gasteiger partial charge is 0.376 e. The molecule has 1 aromatic carbocycles. The number of rotatable bonds is 6. The maximum absolute atomic E-state index is 9.44. The van der Waals surface area contributed by atoms with Gasteiger partial charge in [0.25, 0.3) is 0 Å².